The molecule has 5 nitrogen and oxygen atoms in total. The number of hydrogen-bond acceptors (Lipinski definition) is 4. The Morgan fingerprint density at radius 1 is 1.32 bits per heavy atom. The number of piperidine rings is 1. The summed E-state index contributed by atoms with van der Waals surface area (Å²) in [5, 5.41) is 9.50. The van der Waals surface area contributed by atoms with Crippen LogP contribution >= 0.6 is 0 Å². The number of anilines is 1. The van der Waals surface area contributed by atoms with Gasteiger partial charge in [-0.3, -0.25) is 4.79 Å². The Kier molecular flexibility index (Phi) is 3.94. The van der Waals surface area contributed by atoms with Crippen LogP contribution in [0.1, 0.15) is 48.9 Å². The third kappa shape index (κ3) is 2.88. The molecule has 4 rings (SSSR count). The third-order valence-corrected chi connectivity index (χ3v) is 6.22. The van der Waals surface area contributed by atoms with Crippen LogP contribution in [0.2, 0.25) is 0 Å². The van der Waals surface area contributed by atoms with E-state index in [-0.39, 0.29) is 5.41 Å². The molecule has 1 saturated carbocycles. The monoisotopic (exact) mass is 338 g/mol. The molecule has 3 heterocycles. The molecule has 3 fully saturated rings. The number of amides is 1. The van der Waals surface area contributed by atoms with E-state index in [0.29, 0.717) is 18.0 Å². The van der Waals surface area contributed by atoms with Gasteiger partial charge in [-0.15, -0.1) is 0 Å². The fourth-order valence-corrected chi connectivity index (χ4v) is 4.39. The molecule has 0 radical (unpaired) electrons. The lowest BCUT2D eigenvalue weighted by atomic mass is 9.78. The first kappa shape index (κ1) is 16.4. The largest absolute Gasteiger partial charge is 0.354 e. The molecular weight excluding hydrogens is 312 g/mol. The first-order valence-corrected chi connectivity index (χ1v) is 9.45. The minimum Gasteiger partial charge on any atom is -0.354 e. The zero-order chi connectivity index (χ0) is 17.6. The number of rotatable bonds is 3. The summed E-state index contributed by atoms with van der Waals surface area (Å²) in [5.74, 6) is 1.84. The number of carbonyl (C=O) groups is 1. The van der Waals surface area contributed by atoms with Crippen molar-refractivity contribution >= 4 is 11.7 Å². The predicted molar refractivity (Wildman–Crippen MR) is 96.2 cm³/mol. The Morgan fingerprint density at radius 3 is 2.84 bits per heavy atom. The zero-order valence-corrected chi connectivity index (χ0v) is 15.2. The van der Waals surface area contributed by atoms with Crippen molar-refractivity contribution in [3.05, 3.63) is 22.9 Å². The highest BCUT2D eigenvalue weighted by molar-refractivity contribution is 5.85. The van der Waals surface area contributed by atoms with Crippen molar-refractivity contribution in [2.24, 2.45) is 11.3 Å². The van der Waals surface area contributed by atoms with E-state index in [9.17, 15) is 10.1 Å². The zero-order valence-electron chi connectivity index (χ0n) is 15.2. The van der Waals surface area contributed by atoms with Gasteiger partial charge in [0.2, 0.25) is 5.91 Å². The van der Waals surface area contributed by atoms with Crippen LogP contribution in [0.15, 0.2) is 6.07 Å². The van der Waals surface area contributed by atoms with Gasteiger partial charge in [-0.2, -0.15) is 5.26 Å². The van der Waals surface area contributed by atoms with E-state index >= 15 is 0 Å². The van der Waals surface area contributed by atoms with E-state index in [1.54, 1.807) is 0 Å². The van der Waals surface area contributed by atoms with Gasteiger partial charge in [-0.05, 0) is 63.5 Å². The molecule has 0 aromatic carbocycles. The first-order valence-electron chi connectivity index (χ1n) is 9.45. The molecule has 1 aromatic heterocycles. The van der Waals surface area contributed by atoms with Crippen LogP contribution in [0.5, 0.6) is 0 Å². The highest BCUT2D eigenvalue weighted by atomic mass is 16.2. The summed E-state index contributed by atoms with van der Waals surface area (Å²) < 4.78 is 0. The topological polar surface area (TPSA) is 60.2 Å². The maximum Gasteiger partial charge on any atom is 0.230 e. The summed E-state index contributed by atoms with van der Waals surface area (Å²) in [7, 11) is 0. The Balaban J connectivity index is 1.57. The third-order valence-electron chi connectivity index (χ3n) is 6.22. The SMILES string of the molecule is Cc1cc(C#N)c(N2CCC3(CCCN(CC4CC4)C3=O)C2)nc1C. The van der Waals surface area contributed by atoms with E-state index in [0.717, 1.165) is 61.9 Å². The standard InChI is InChI=1S/C20H26N4O/c1-14-10-17(11-21)18(22-15(14)2)24-9-7-20(13-24)6-3-8-23(19(20)25)12-16-4-5-16/h10,16H,3-9,12-13H2,1-2H3. The molecule has 0 N–H and O–H groups in total. The second-order valence-corrected chi connectivity index (χ2v) is 8.12. The number of aromatic nitrogens is 1. The molecule has 1 aliphatic carbocycles. The molecule has 1 spiro atoms. The molecule has 1 unspecified atom stereocenters. The Bertz CT molecular complexity index is 749. The molecule has 1 aromatic rings. The highest BCUT2D eigenvalue weighted by Crippen LogP contribution is 2.43. The summed E-state index contributed by atoms with van der Waals surface area (Å²) >= 11 is 0. The van der Waals surface area contributed by atoms with Gasteiger partial charge in [0.25, 0.3) is 0 Å². The quantitative estimate of drug-likeness (QED) is 0.850. The highest BCUT2D eigenvalue weighted by Gasteiger charge is 2.49. The van der Waals surface area contributed by atoms with Gasteiger partial charge in [0.15, 0.2) is 0 Å². The number of hydrogen-bond donors (Lipinski definition) is 0. The molecule has 0 bridgehead atoms. The van der Waals surface area contributed by atoms with Gasteiger partial charge in [-0.25, -0.2) is 4.98 Å². The van der Waals surface area contributed by atoms with Crippen LogP contribution in [0.25, 0.3) is 0 Å². The molecule has 1 atom stereocenters. The van der Waals surface area contributed by atoms with E-state index in [1.165, 1.54) is 12.8 Å². The summed E-state index contributed by atoms with van der Waals surface area (Å²) in [6, 6.07) is 4.21. The summed E-state index contributed by atoms with van der Waals surface area (Å²) in [4.78, 5) is 22.1. The Morgan fingerprint density at radius 2 is 2.12 bits per heavy atom. The van der Waals surface area contributed by atoms with E-state index in [4.69, 9.17) is 0 Å². The normalized spacial score (nSPS) is 26.4. The van der Waals surface area contributed by atoms with Crippen LogP contribution in [0.4, 0.5) is 5.82 Å². The van der Waals surface area contributed by atoms with Crippen molar-refractivity contribution in [3.8, 4) is 6.07 Å². The Labute approximate surface area is 149 Å². The number of nitriles is 1. The van der Waals surface area contributed by atoms with Crippen LogP contribution < -0.4 is 4.90 Å². The molecule has 2 aliphatic heterocycles. The minimum atomic E-state index is -0.264. The van der Waals surface area contributed by atoms with E-state index in [2.05, 4.69) is 20.9 Å². The second kappa shape index (κ2) is 6.01. The summed E-state index contributed by atoms with van der Waals surface area (Å²) in [5.41, 5.74) is 2.36. The lowest BCUT2D eigenvalue weighted by Crippen LogP contribution is -2.50. The number of pyridine rings is 1. The fourth-order valence-electron chi connectivity index (χ4n) is 4.39. The Hall–Kier alpha value is -2.09. The maximum atomic E-state index is 13.2. The molecular formula is C20H26N4O. The maximum absolute atomic E-state index is 13.2. The van der Waals surface area contributed by atoms with Gasteiger partial charge < -0.3 is 9.80 Å². The van der Waals surface area contributed by atoms with Crippen LogP contribution in [-0.4, -0.2) is 42.0 Å². The van der Waals surface area contributed by atoms with Crippen molar-refractivity contribution < 1.29 is 4.79 Å². The predicted octanol–water partition coefficient (Wildman–Crippen LogP) is 2.80. The van der Waals surface area contributed by atoms with E-state index in [1.807, 2.05) is 19.9 Å². The fraction of sp³-hybridized carbons (Fsp3) is 0.650. The van der Waals surface area contributed by atoms with Crippen LogP contribution in [0, 0.1) is 36.5 Å². The van der Waals surface area contributed by atoms with Crippen LogP contribution in [0.3, 0.4) is 0 Å². The van der Waals surface area contributed by atoms with Crippen molar-refractivity contribution in [1.82, 2.24) is 9.88 Å². The number of carbonyl (C=O) groups excluding carboxylic acids is 1. The van der Waals surface area contributed by atoms with E-state index < -0.39 is 0 Å². The van der Waals surface area contributed by atoms with Crippen molar-refractivity contribution in [3.63, 3.8) is 0 Å². The van der Waals surface area contributed by atoms with Crippen molar-refractivity contribution in [1.29, 1.82) is 5.26 Å². The summed E-state index contributed by atoms with van der Waals surface area (Å²) in [6.07, 6.45) is 5.50. The number of nitrogens with zero attached hydrogens (tertiary/aromatic N) is 4. The summed E-state index contributed by atoms with van der Waals surface area (Å²) in [6.45, 7) is 7.35. The van der Waals surface area contributed by atoms with Gasteiger partial charge in [0.1, 0.15) is 11.9 Å². The molecule has 2 saturated heterocycles. The molecule has 132 valence electrons. The van der Waals surface area contributed by atoms with Gasteiger partial charge in [-0.1, -0.05) is 0 Å². The second-order valence-electron chi connectivity index (χ2n) is 8.12. The van der Waals surface area contributed by atoms with Gasteiger partial charge in [0.05, 0.1) is 11.0 Å². The van der Waals surface area contributed by atoms with Crippen molar-refractivity contribution in [2.45, 2.75) is 46.0 Å². The molecule has 1 amide bonds. The van der Waals surface area contributed by atoms with Crippen LogP contribution in [-0.2, 0) is 4.79 Å². The van der Waals surface area contributed by atoms with Gasteiger partial charge >= 0.3 is 0 Å². The minimum absolute atomic E-state index is 0.264. The first-order chi connectivity index (χ1) is 12.0. The lowest BCUT2D eigenvalue weighted by molar-refractivity contribution is -0.145. The average Bonchev–Trinajstić information content (AvgIpc) is 3.32. The van der Waals surface area contributed by atoms with Gasteiger partial charge in [0, 0.05) is 31.9 Å². The smallest absolute Gasteiger partial charge is 0.230 e. The lowest BCUT2D eigenvalue weighted by Gasteiger charge is -2.39. The molecule has 5 heteroatoms. The average molecular weight is 338 g/mol. The molecule has 25 heavy (non-hydrogen) atoms. The van der Waals surface area contributed by atoms with Crippen molar-refractivity contribution in [2.75, 3.05) is 31.1 Å². The molecule has 3 aliphatic rings. The number of likely N-dealkylation sites (tertiary alicyclic amines) is 1. The number of aryl methyl sites for hydroxylation is 2.